The zero-order chi connectivity index (χ0) is 28.4. The summed E-state index contributed by atoms with van der Waals surface area (Å²) >= 11 is 0. The van der Waals surface area contributed by atoms with Crippen LogP contribution < -0.4 is 10.1 Å². The van der Waals surface area contributed by atoms with E-state index in [2.05, 4.69) is 5.32 Å². The Balaban J connectivity index is 1.66. The van der Waals surface area contributed by atoms with Gasteiger partial charge < -0.3 is 29.3 Å². The van der Waals surface area contributed by atoms with Crippen molar-refractivity contribution in [3.8, 4) is 5.75 Å². The minimum absolute atomic E-state index is 0.0691. The molecule has 1 heterocycles. The largest absolute Gasteiger partial charge is 0.445 e. The van der Waals surface area contributed by atoms with E-state index in [1.165, 1.54) is 0 Å². The van der Waals surface area contributed by atoms with Crippen molar-refractivity contribution in [2.75, 3.05) is 26.2 Å². The molecular weight excluding hydrogens is 502 g/mol. The molecule has 0 bridgehead atoms. The van der Waals surface area contributed by atoms with Gasteiger partial charge in [0.15, 0.2) is 0 Å². The van der Waals surface area contributed by atoms with E-state index in [9.17, 15) is 19.2 Å². The molecule has 2 aromatic carbocycles. The third-order valence-electron chi connectivity index (χ3n) is 5.93. The highest BCUT2D eigenvalue weighted by molar-refractivity contribution is 5.86. The average molecular weight is 540 g/mol. The van der Waals surface area contributed by atoms with E-state index < -0.39 is 23.8 Å². The molecule has 0 unspecified atom stereocenters. The lowest BCUT2D eigenvalue weighted by Crippen LogP contribution is -2.56. The van der Waals surface area contributed by atoms with Crippen molar-refractivity contribution in [3.05, 3.63) is 65.7 Å². The molecular formula is C29H37N3O7. The van der Waals surface area contributed by atoms with Crippen molar-refractivity contribution < 1.29 is 33.4 Å². The highest BCUT2D eigenvalue weighted by Gasteiger charge is 2.32. The minimum Gasteiger partial charge on any atom is -0.445 e. The number of nitrogens with one attached hydrogen (secondary N) is 1. The van der Waals surface area contributed by atoms with Crippen LogP contribution in [0.4, 0.5) is 9.59 Å². The standard InChI is InChI=1S/C29H37N3O7/c1-5-25(33)38-23-13-11-21(12-14-23)19-24(30-27(35)37-20-22-9-7-6-8-10-22)26(34)31-15-17-32(18-16-31)28(36)39-29(2,3)4/h6-14,24H,5,15-20H2,1-4H3,(H,30,35)/t24-/m0/s1. The van der Waals surface area contributed by atoms with Gasteiger partial charge in [-0.05, 0) is 44.0 Å². The van der Waals surface area contributed by atoms with Gasteiger partial charge >= 0.3 is 18.2 Å². The first kappa shape index (κ1) is 29.5. The molecule has 1 N–H and O–H groups in total. The number of hydrogen-bond acceptors (Lipinski definition) is 7. The van der Waals surface area contributed by atoms with Crippen LogP contribution in [0.1, 0.15) is 45.2 Å². The molecule has 3 rings (SSSR count). The third-order valence-corrected chi connectivity index (χ3v) is 5.93. The number of benzene rings is 2. The molecule has 1 aliphatic rings. The number of piperazine rings is 1. The molecule has 0 aliphatic carbocycles. The van der Waals surface area contributed by atoms with Gasteiger partial charge in [0.1, 0.15) is 24.0 Å². The number of rotatable bonds is 8. The van der Waals surface area contributed by atoms with Crippen LogP contribution in [-0.2, 0) is 32.1 Å². The van der Waals surface area contributed by atoms with Crippen molar-refractivity contribution in [1.82, 2.24) is 15.1 Å². The molecule has 0 aromatic heterocycles. The van der Waals surface area contributed by atoms with Gasteiger partial charge in [0.05, 0.1) is 0 Å². The number of ether oxygens (including phenoxy) is 3. The highest BCUT2D eigenvalue weighted by Crippen LogP contribution is 2.17. The van der Waals surface area contributed by atoms with Crippen molar-refractivity contribution in [1.29, 1.82) is 0 Å². The molecule has 1 aliphatic heterocycles. The lowest BCUT2D eigenvalue weighted by atomic mass is 10.0. The number of carbonyl (C=O) groups excluding carboxylic acids is 4. The van der Waals surface area contributed by atoms with Gasteiger partial charge in [0.25, 0.3) is 0 Å². The topological polar surface area (TPSA) is 114 Å². The van der Waals surface area contributed by atoms with Crippen molar-refractivity contribution in [3.63, 3.8) is 0 Å². The van der Waals surface area contributed by atoms with Gasteiger partial charge in [-0.2, -0.15) is 0 Å². The van der Waals surface area contributed by atoms with Gasteiger partial charge in [-0.1, -0.05) is 49.4 Å². The maximum atomic E-state index is 13.5. The summed E-state index contributed by atoms with van der Waals surface area (Å²) in [7, 11) is 0. The van der Waals surface area contributed by atoms with Gasteiger partial charge in [-0.3, -0.25) is 9.59 Å². The van der Waals surface area contributed by atoms with E-state index in [0.29, 0.717) is 31.9 Å². The molecule has 2 aromatic rings. The quantitative estimate of drug-likeness (QED) is 0.399. The molecule has 1 atom stereocenters. The molecule has 1 saturated heterocycles. The minimum atomic E-state index is -0.898. The van der Waals surface area contributed by atoms with Crippen LogP contribution in [0.3, 0.4) is 0 Å². The van der Waals surface area contributed by atoms with Crippen molar-refractivity contribution in [2.24, 2.45) is 0 Å². The van der Waals surface area contributed by atoms with Gasteiger partial charge in [-0.25, -0.2) is 9.59 Å². The first-order chi connectivity index (χ1) is 18.5. The maximum Gasteiger partial charge on any atom is 0.410 e. The second-order valence-corrected chi connectivity index (χ2v) is 10.2. The summed E-state index contributed by atoms with van der Waals surface area (Å²) in [6.45, 7) is 8.45. The number of esters is 1. The molecule has 10 heteroatoms. The number of carbonyl (C=O) groups is 4. The van der Waals surface area contributed by atoms with Gasteiger partial charge in [-0.15, -0.1) is 0 Å². The van der Waals surface area contributed by atoms with Crippen LogP contribution in [0.5, 0.6) is 5.75 Å². The molecule has 0 saturated carbocycles. The number of amides is 3. The average Bonchev–Trinajstić information content (AvgIpc) is 2.92. The number of nitrogens with zero attached hydrogens (tertiary/aromatic N) is 2. The predicted molar refractivity (Wildman–Crippen MR) is 144 cm³/mol. The molecule has 3 amide bonds. The van der Waals surface area contributed by atoms with E-state index in [4.69, 9.17) is 14.2 Å². The van der Waals surface area contributed by atoms with Crippen LogP contribution in [0.2, 0.25) is 0 Å². The van der Waals surface area contributed by atoms with E-state index in [-0.39, 0.29) is 31.3 Å². The van der Waals surface area contributed by atoms with Crippen molar-refractivity contribution >= 4 is 24.1 Å². The highest BCUT2D eigenvalue weighted by atomic mass is 16.6. The lowest BCUT2D eigenvalue weighted by molar-refractivity contribution is -0.135. The number of alkyl carbamates (subject to hydrolysis) is 1. The first-order valence-corrected chi connectivity index (χ1v) is 13.1. The second kappa shape index (κ2) is 13.6. The second-order valence-electron chi connectivity index (χ2n) is 10.2. The predicted octanol–water partition coefficient (Wildman–Crippen LogP) is 3.92. The van der Waals surface area contributed by atoms with Crippen LogP contribution in [-0.4, -0.2) is 71.7 Å². The number of hydrogen-bond donors (Lipinski definition) is 1. The summed E-state index contributed by atoms with van der Waals surface area (Å²) in [4.78, 5) is 53.3. The molecule has 39 heavy (non-hydrogen) atoms. The van der Waals surface area contributed by atoms with E-state index >= 15 is 0 Å². The van der Waals surface area contributed by atoms with Crippen LogP contribution in [0.15, 0.2) is 54.6 Å². The Bertz CT molecular complexity index is 1120. The lowest BCUT2D eigenvalue weighted by Gasteiger charge is -2.37. The SMILES string of the molecule is CCC(=O)Oc1ccc(C[C@H](NC(=O)OCc2ccccc2)C(=O)N2CCN(C(=O)OC(C)(C)C)CC2)cc1. The summed E-state index contributed by atoms with van der Waals surface area (Å²) in [6, 6.07) is 15.1. The summed E-state index contributed by atoms with van der Waals surface area (Å²) in [6.07, 6.45) is -0.669. The zero-order valence-electron chi connectivity index (χ0n) is 23.0. The summed E-state index contributed by atoms with van der Waals surface area (Å²) < 4.78 is 16.0. The molecule has 0 radical (unpaired) electrons. The van der Waals surface area contributed by atoms with Gasteiger partial charge in [0, 0.05) is 39.0 Å². The fraction of sp³-hybridized carbons (Fsp3) is 0.448. The molecule has 1 fully saturated rings. The summed E-state index contributed by atoms with van der Waals surface area (Å²) in [5.41, 5.74) is 0.982. The monoisotopic (exact) mass is 539 g/mol. The zero-order valence-corrected chi connectivity index (χ0v) is 23.0. The molecule has 210 valence electrons. The third kappa shape index (κ3) is 9.63. The Morgan fingerprint density at radius 2 is 1.49 bits per heavy atom. The van der Waals surface area contributed by atoms with Gasteiger partial charge in [0.2, 0.25) is 5.91 Å². The molecule has 10 nitrogen and oxygen atoms in total. The Morgan fingerprint density at radius 1 is 0.872 bits per heavy atom. The van der Waals surface area contributed by atoms with E-state index in [1.54, 1.807) is 61.8 Å². The Labute approximate surface area is 229 Å². The fourth-order valence-corrected chi connectivity index (χ4v) is 3.90. The van der Waals surface area contributed by atoms with Crippen LogP contribution in [0.25, 0.3) is 0 Å². The first-order valence-electron chi connectivity index (χ1n) is 13.1. The van der Waals surface area contributed by atoms with Crippen molar-refractivity contribution in [2.45, 2.75) is 58.8 Å². The van der Waals surface area contributed by atoms with E-state index in [1.807, 2.05) is 30.3 Å². The normalized spacial score (nSPS) is 14.3. The fourth-order valence-electron chi connectivity index (χ4n) is 3.90. The summed E-state index contributed by atoms with van der Waals surface area (Å²) in [5.74, 6) is -0.219. The Kier molecular flexibility index (Phi) is 10.3. The Hall–Kier alpha value is -4.08. The van der Waals surface area contributed by atoms with E-state index in [0.717, 1.165) is 11.1 Å². The smallest absolute Gasteiger partial charge is 0.410 e. The maximum absolute atomic E-state index is 13.5. The van der Waals surface area contributed by atoms with Crippen LogP contribution in [0, 0.1) is 0 Å². The van der Waals surface area contributed by atoms with Crippen LogP contribution >= 0.6 is 0 Å². The summed E-state index contributed by atoms with van der Waals surface area (Å²) in [5, 5.41) is 2.71. The Morgan fingerprint density at radius 3 is 2.08 bits per heavy atom. The molecule has 0 spiro atoms.